The number of thiazole rings is 1. The highest BCUT2D eigenvalue weighted by Crippen LogP contribution is 2.29. The third-order valence-electron chi connectivity index (χ3n) is 2.83. The molecule has 0 unspecified atom stereocenters. The van der Waals surface area contributed by atoms with Gasteiger partial charge in [-0.1, -0.05) is 17.4 Å². The van der Waals surface area contributed by atoms with Crippen LogP contribution in [-0.4, -0.2) is 11.0 Å². The SMILES string of the molecule is O=C(Nc1nc2c(F)cc(F)cc2s1)Nc1c(F)cccc1F. The zero-order valence-corrected chi connectivity index (χ0v) is 12.0. The van der Waals surface area contributed by atoms with Gasteiger partial charge in [-0.3, -0.25) is 5.32 Å². The number of carbonyl (C=O) groups is 1. The van der Waals surface area contributed by atoms with Gasteiger partial charge in [-0.05, 0) is 18.2 Å². The van der Waals surface area contributed by atoms with Gasteiger partial charge in [-0.2, -0.15) is 0 Å². The average Bonchev–Trinajstić information content (AvgIpc) is 2.85. The number of nitrogens with one attached hydrogen (secondary N) is 2. The molecule has 3 rings (SSSR count). The summed E-state index contributed by atoms with van der Waals surface area (Å²) >= 11 is 0.822. The minimum absolute atomic E-state index is 0.0428. The first-order valence-electron chi connectivity index (χ1n) is 6.21. The number of nitrogens with zero attached hydrogens (tertiary/aromatic N) is 1. The molecular formula is C14H7F4N3OS. The zero-order valence-electron chi connectivity index (χ0n) is 11.2. The maximum absolute atomic E-state index is 13.5. The molecule has 23 heavy (non-hydrogen) atoms. The van der Waals surface area contributed by atoms with Crippen LogP contribution in [0.5, 0.6) is 0 Å². The highest BCUT2D eigenvalue weighted by atomic mass is 32.1. The van der Waals surface area contributed by atoms with Gasteiger partial charge in [0.05, 0.1) is 4.70 Å². The number of fused-ring (bicyclic) bond motifs is 1. The molecule has 2 amide bonds. The number of aromatic nitrogens is 1. The van der Waals surface area contributed by atoms with E-state index in [2.05, 4.69) is 10.3 Å². The Kier molecular flexibility index (Phi) is 3.87. The Balaban J connectivity index is 1.82. The van der Waals surface area contributed by atoms with Crippen LogP contribution in [0.3, 0.4) is 0 Å². The summed E-state index contributed by atoms with van der Waals surface area (Å²) in [7, 11) is 0. The number of urea groups is 1. The lowest BCUT2D eigenvalue weighted by Crippen LogP contribution is -2.20. The number of hydrogen-bond donors (Lipinski definition) is 2. The van der Waals surface area contributed by atoms with Crippen LogP contribution < -0.4 is 10.6 Å². The molecule has 2 N–H and O–H groups in total. The molecule has 0 saturated carbocycles. The van der Waals surface area contributed by atoms with Gasteiger partial charge in [-0.15, -0.1) is 0 Å². The molecule has 0 fully saturated rings. The van der Waals surface area contributed by atoms with Crippen molar-refractivity contribution in [3.63, 3.8) is 0 Å². The largest absolute Gasteiger partial charge is 0.325 e. The smallest absolute Gasteiger partial charge is 0.302 e. The number of hydrogen-bond acceptors (Lipinski definition) is 3. The van der Waals surface area contributed by atoms with Crippen LogP contribution in [0.25, 0.3) is 10.2 Å². The summed E-state index contributed by atoms with van der Waals surface area (Å²) in [5.74, 6) is -3.54. The van der Waals surface area contributed by atoms with Gasteiger partial charge in [0.25, 0.3) is 0 Å². The lowest BCUT2D eigenvalue weighted by molar-refractivity contribution is 0.262. The monoisotopic (exact) mass is 341 g/mol. The van der Waals surface area contributed by atoms with Gasteiger partial charge in [0.15, 0.2) is 10.9 Å². The van der Waals surface area contributed by atoms with E-state index in [0.717, 1.165) is 35.6 Å². The van der Waals surface area contributed by atoms with Gasteiger partial charge in [0.2, 0.25) is 0 Å². The van der Waals surface area contributed by atoms with E-state index in [4.69, 9.17) is 0 Å². The first kappa shape index (κ1) is 15.2. The van der Waals surface area contributed by atoms with E-state index in [1.807, 2.05) is 5.32 Å². The minimum Gasteiger partial charge on any atom is -0.302 e. The standard InChI is InChI=1S/C14H7F4N3OS/c15-6-4-9(18)12-10(5-6)23-14(20-12)21-13(22)19-11-7(16)2-1-3-8(11)17/h1-5H,(H2,19,20,21,22). The topological polar surface area (TPSA) is 54.0 Å². The van der Waals surface area contributed by atoms with E-state index in [1.54, 1.807) is 0 Å². The molecule has 3 aromatic rings. The molecule has 0 bridgehead atoms. The fourth-order valence-corrected chi connectivity index (χ4v) is 2.77. The van der Waals surface area contributed by atoms with Crippen LogP contribution in [0.2, 0.25) is 0 Å². The highest BCUT2D eigenvalue weighted by Gasteiger charge is 2.15. The van der Waals surface area contributed by atoms with Gasteiger partial charge in [0, 0.05) is 6.07 Å². The van der Waals surface area contributed by atoms with Crippen LogP contribution in [0.15, 0.2) is 30.3 Å². The minimum atomic E-state index is -0.964. The number of halogens is 4. The summed E-state index contributed by atoms with van der Waals surface area (Å²) < 4.78 is 53.7. The number of benzene rings is 2. The van der Waals surface area contributed by atoms with Gasteiger partial charge >= 0.3 is 6.03 Å². The second kappa shape index (κ2) is 5.84. The number of carbonyl (C=O) groups excluding carboxylic acids is 1. The van der Waals surface area contributed by atoms with Crippen molar-refractivity contribution in [2.45, 2.75) is 0 Å². The quantitative estimate of drug-likeness (QED) is 0.675. The van der Waals surface area contributed by atoms with Gasteiger partial charge in [0.1, 0.15) is 28.7 Å². The summed E-state index contributed by atoms with van der Waals surface area (Å²) in [5.41, 5.74) is -0.730. The third-order valence-corrected chi connectivity index (χ3v) is 3.75. The van der Waals surface area contributed by atoms with Gasteiger partial charge < -0.3 is 5.32 Å². The molecule has 0 aliphatic heterocycles. The van der Waals surface area contributed by atoms with E-state index >= 15 is 0 Å². The second-order valence-corrected chi connectivity index (χ2v) is 5.46. The van der Waals surface area contributed by atoms with Crippen LogP contribution >= 0.6 is 11.3 Å². The molecule has 0 saturated heterocycles. The van der Waals surface area contributed by atoms with Crippen LogP contribution in [0, 0.1) is 23.3 Å². The molecule has 1 aromatic heterocycles. The van der Waals surface area contributed by atoms with Crippen molar-refractivity contribution in [3.05, 3.63) is 53.6 Å². The first-order valence-corrected chi connectivity index (χ1v) is 7.03. The summed E-state index contributed by atoms with van der Waals surface area (Å²) in [6, 6.07) is 3.88. The van der Waals surface area contributed by atoms with Crippen molar-refractivity contribution in [2.75, 3.05) is 10.6 Å². The van der Waals surface area contributed by atoms with Crippen molar-refractivity contribution < 1.29 is 22.4 Å². The molecule has 118 valence electrons. The van der Waals surface area contributed by atoms with E-state index < -0.39 is 35.0 Å². The molecule has 1 heterocycles. The Hall–Kier alpha value is -2.68. The lowest BCUT2D eigenvalue weighted by atomic mass is 10.3. The Labute approximate surface area is 130 Å². The van der Waals surface area contributed by atoms with Crippen molar-refractivity contribution in [2.24, 2.45) is 0 Å². The first-order chi connectivity index (χ1) is 10.9. The summed E-state index contributed by atoms with van der Waals surface area (Å²) in [5, 5.41) is 4.17. The molecule has 0 spiro atoms. The predicted molar refractivity (Wildman–Crippen MR) is 78.5 cm³/mol. The molecule has 4 nitrogen and oxygen atoms in total. The maximum Gasteiger partial charge on any atom is 0.325 e. The third kappa shape index (κ3) is 3.09. The molecule has 0 radical (unpaired) electrons. The Morgan fingerprint density at radius 1 is 1.00 bits per heavy atom. The highest BCUT2D eigenvalue weighted by molar-refractivity contribution is 7.22. The predicted octanol–water partition coefficient (Wildman–Crippen LogP) is 4.50. The molecule has 0 aliphatic rings. The van der Waals surface area contributed by atoms with Crippen LogP contribution in [-0.2, 0) is 0 Å². The zero-order chi connectivity index (χ0) is 16.6. The fourth-order valence-electron chi connectivity index (χ4n) is 1.87. The van der Waals surface area contributed by atoms with E-state index in [9.17, 15) is 22.4 Å². The maximum atomic E-state index is 13.5. The second-order valence-electron chi connectivity index (χ2n) is 4.43. The van der Waals surface area contributed by atoms with E-state index in [1.165, 1.54) is 0 Å². The Bertz CT molecular complexity index is 892. The van der Waals surface area contributed by atoms with Gasteiger partial charge in [-0.25, -0.2) is 27.3 Å². The molecular weight excluding hydrogens is 334 g/mol. The Morgan fingerprint density at radius 2 is 1.70 bits per heavy atom. The normalized spacial score (nSPS) is 10.8. The van der Waals surface area contributed by atoms with Crippen LogP contribution in [0.1, 0.15) is 0 Å². The van der Waals surface area contributed by atoms with Crippen molar-refractivity contribution in [1.82, 2.24) is 4.98 Å². The summed E-state index contributed by atoms with van der Waals surface area (Å²) in [4.78, 5) is 15.6. The number of rotatable bonds is 2. The summed E-state index contributed by atoms with van der Waals surface area (Å²) in [6.07, 6.45) is 0. The molecule has 2 aromatic carbocycles. The number of para-hydroxylation sites is 1. The fraction of sp³-hybridized carbons (Fsp3) is 0. The summed E-state index contributed by atoms with van der Waals surface area (Å²) in [6.45, 7) is 0. The molecule has 9 heteroatoms. The van der Waals surface area contributed by atoms with Crippen molar-refractivity contribution >= 4 is 38.4 Å². The number of amides is 2. The molecule has 0 aliphatic carbocycles. The Morgan fingerprint density at radius 3 is 2.39 bits per heavy atom. The van der Waals surface area contributed by atoms with Crippen molar-refractivity contribution in [3.8, 4) is 0 Å². The number of anilines is 2. The average molecular weight is 341 g/mol. The van der Waals surface area contributed by atoms with Crippen molar-refractivity contribution in [1.29, 1.82) is 0 Å². The van der Waals surface area contributed by atoms with Crippen LogP contribution in [0.4, 0.5) is 33.2 Å². The van der Waals surface area contributed by atoms with E-state index in [0.29, 0.717) is 6.07 Å². The lowest BCUT2D eigenvalue weighted by Gasteiger charge is -2.07. The van der Waals surface area contributed by atoms with E-state index in [-0.39, 0.29) is 15.3 Å². The molecule has 0 atom stereocenters.